The monoisotopic (exact) mass is 300 g/mol. The minimum atomic E-state index is -1.11. The predicted molar refractivity (Wildman–Crippen MR) is 77.9 cm³/mol. The first kappa shape index (κ1) is 18.9. The van der Waals surface area contributed by atoms with Crippen molar-refractivity contribution in [2.45, 2.75) is 51.7 Å². The molecule has 0 fully saturated rings. The first-order chi connectivity index (χ1) is 9.65. The van der Waals surface area contributed by atoms with Gasteiger partial charge in [0.05, 0.1) is 0 Å². The maximum atomic E-state index is 11.5. The number of rotatable bonds is 8. The van der Waals surface area contributed by atoms with E-state index in [1.54, 1.807) is 20.8 Å². The molecule has 7 heteroatoms. The van der Waals surface area contributed by atoms with Crippen molar-refractivity contribution in [1.29, 1.82) is 0 Å². The average molecular weight is 300 g/mol. The van der Waals surface area contributed by atoms with Gasteiger partial charge in [0.15, 0.2) is 0 Å². The first-order valence-electron chi connectivity index (χ1n) is 6.78. The van der Waals surface area contributed by atoms with Gasteiger partial charge in [-0.15, -0.1) is 0 Å². The van der Waals surface area contributed by atoms with Crippen LogP contribution in [-0.4, -0.2) is 41.3 Å². The zero-order valence-corrected chi connectivity index (χ0v) is 12.8. The second kappa shape index (κ2) is 8.99. The van der Waals surface area contributed by atoms with Crippen LogP contribution in [0.1, 0.15) is 40.0 Å². The number of carbonyl (C=O) groups is 3. The van der Waals surface area contributed by atoms with E-state index in [0.29, 0.717) is 19.4 Å². The number of aliphatic carboxylic acids is 1. The van der Waals surface area contributed by atoms with Crippen LogP contribution in [0.2, 0.25) is 0 Å². The van der Waals surface area contributed by atoms with Gasteiger partial charge < -0.3 is 20.5 Å². The van der Waals surface area contributed by atoms with Crippen LogP contribution in [0.15, 0.2) is 12.7 Å². The van der Waals surface area contributed by atoms with E-state index in [4.69, 9.17) is 9.84 Å². The molecule has 21 heavy (non-hydrogen) atoms. The van der Waals surface area contributed by atoms with E-state index >= 15 is 0 Å². The smallest absolute Gasteiger partial charge is 0.408 e. The van der Waals surface area contributed by atoms with Crippen molar-refractivity contribution >= 4 is 18.0 Å². The number of carboxylic acid groups (broad SMARTS) is 1. The Balaban J connectivity index is 4.09. The van der Waals surface area contributed by atoms with Crippen molar-refractivity contribution in [3.8, 4) is 0 Å². The number of nitrogens with one attached hydrogen (secondary N) is 2. The molecule has 2 amide bonds. The Morgan fingerprint density at radius 1 is 1.29 bits per heavy atom. The number of hydrogen-bond acceptors (Lipinski definition) is 4. The Kier molecular flexibility index (Phi) is 8.11. The fourth-order valence-electron chi connectivity index (χ4n) is 1.46. The number of hydrogen-bond donors (Lipinski definition) is 3. The molecule has 0 rings (SSSR count). The van der Waals surface area contributed by atoms with E-state index in [0.717, 1.165) is 0 Å². The van der Waals surface area contributed by atoms with Gasteiger partial charge in [0.1, 0.15) is 11.6 Å². The minimum absolute atomic E-state index is 0.262. The van der Waals surface area contributed by atoms with E-state index < -0.39 is 23.7 Å². The molecule has 0 saturated carbocycles. The second-order valence-corrected chi connectivity index (χ2v) is 5.53. The van der Waals surface area contributed by atoms with E-state index in [1.165, 1.54) is 6.08 Å². The van der Waals surface area contributed by atoms with Gasteiger partial charge in [-0.2, -0.15) is 0 Å². The van der Waals surface area contributed by atoms with Gasteiger partial charge >= 0.3 is 12.1 Å². The highest BCUT2D eigenvalue weighted by Gasteiger charge is 2.23. The maximum absolute atomic E-state index is 11.5. The molecule has 0 bridgehead atoms. The third-order valence-electron chi connectivity index (χ3n) is 2.39. The molecule has 0 aromatic carbocycles. The predicted octanol–water partition coefficient (Wildman–Crippen LogP) is 1.44. The van der Waals surface area contributed by atoms with E-state index in [2.05, 4.69) is 17.2 Å². The number of amides is 2. The van der Waals surface area contributed by atoms with Gasteiger partial charge in [-0.05, 0) is 46.1 Å². The molecule has 0 aliphatic rings. The first-order valence-corrected chi connectivity index (χ1v) is 6.78. The molecule has 0 aromatic rings. The molecule has 120 valence electrons. The van der Waals surface area contributed by atoms with Crippen LogP contribution in [0.25, 0.3) is 0 Å². The topological polar surface area (TPSA) is 105 Å². The molecule has 0 radical (unpaired) electrons. The van der Waals surface area contributed by atoms with Gasteiger partial charge in [0.2, 0.25) is 5.91 Å². The van der Waals surface area contributed by atoms with Crippen molar-refractivity contribution in [2.24, 2.45) is 0 Å². The number of alkyl carbamates (subject to hydrolysis) is 1. The fourth-order valence-corrected chi connectivity index (χ4v) is 1.46. The van der Waals surface area contributed by atoms with Crippen LogP contribution >= 0.6 is 0 Å². The minimum Gasteiger partial charge on any atom is -0.480 e. The molecular formula is C14H24N2O5. The van der Waals surface area contributed by atoms with Crippen molar-refractivity contribution in [3.63, 3.8) is 0 Å². The van der Waals surface area contributed by atoms with Gasteiger partial charge in [0.25, 0.3) is 0 Å². The molecule has 1 atom stereocenters. The summed E-state index contributed by atoms with van der Waals surface area (Å²) in [5, 5.41) is 14.0. The second-order valence-electron chi connectivity index (χ2n) is 5.53. The summed E-state index contributed by atoms with van der Waals surface area (Å²) >= 11 is 0. The zero-order chi connectivity index (χ0) is 16.5. The molecular weight excluding hydrogens is 276 g/mol. The maximum Gasteiger partial charge on any atom is 0.408 e. The van der Waals surface area contributed by atoms with Crippen LogP contribution in [0.5, 0.6) is 0 Å². The van der Waals surface area contributed by atoms with Gasteiger partial charge in [-0.1, -0.05) is 6.58 Å². The Hall–Kier alpha value is -2.05. The molecule has 7 nitrogen and oxygen atoms in total. The highest BCUT2D eigenvalue weighted by molar-refractivity contribution is 5.86. The van der Waals surface area contributed by atoms with Crippen molar-refractivity contribution in [3.05, 3.63) is 12.7 Å². The molecule has 0 spiro atoms. The summed E-state index contributed by atoms with van der Waals surface area (Å²) in [4.78, 5) is 33.5. The van der Waals surface area contributed by atoms with E-state index in [9.17, 15) is 14.4 Å². The summed E-state index contributed by atoms with van der Waals surface area (Å²) < 4.78 is 5.01. The molecule has 1 unspecified atom stereocenters. The standard InChI is InChI=1S/C14H24N2O5/c1-5-11(17)15-9-7-6-8-10(12(18)19)16-13(20)21-14(2,3)4/h5,10H,1,6-9H2,2-4H3,(H,15,17)(H,16,20)(H,18,19). The lowest BCUT2D eigenvalue weighted by Gasteiger charge is -2.22. The van der Waals surface area contributed by atoms with Crippen LogP contribution in [0.4, 0.5) is 4.79 Å². The fraction of sp³-hybridized carbons (Fsp3) is 0.643. The molecule has 0 saturated heterocycles. The van der Waals surface area contributed by atoms with Gasteiger partial charge in [-0.25, -0.2) is 9.59 Å². The third kappa shape index (κ3) is 10.4. The summed E-state index contributed by atoms with van der Waals surface area (Å²) in [6, 6.07) is -1.00. The van der Waals surface area contributed by atoms with Gasteiger partial charge in [-0.3, -0.25) is 4.79 Å². The van der Waals surface area contributed by atoms with Crippen LogP contribution in [-0.2, 0) is 14.3 Å². The molecule has 0 aliphatic heterocycles. The van der Waals surface area contributed by atoms with E-state index in [-0.39, 0.29) is 12.3 Å². The largest absolute Gasteiger partial charge is 0.480 e. The highest BCUT2D eigenvalue weighted by Crippen LogP contribution is 2.08. The lowest BCUT2D eigenvalue weighted by Crippen LogP contribution is -2.43. The lowest BCUT2D eigenvalue weighted by molar-refractivity contribution is -0.139. The Labute approximate surface area is 124 Å². The Bertz CT molecular complexity index is 387. The highest BCUT2D eigenvalue weighted by atomic mass is 16.6. The SMILES string of the molecule is C=CC(=O)NCCCCC(NC(=O)OC(C)(C)C)C(=O)O. The third-order valence-corrected chi connectivity index (χ3v) is 2.39. The number of ether oxygens (including phenoxy) is 1. The number of carbonyl (C=O) groups excluding carboxylic acids is 2. The van der Waals surface area contributed by atoms with Crippen LogP contribution < -0.4 is 10.6 Å². The summed E-state index contributed by atoms with van der Waals surface area (Å²) in [7, 11) is 0. The van der Waals surface area contributed by atoms with Crippen LogP contribution in [0, 0.1) is 0 Å². The summed E-state index contributed by atoms with van der Waals surface area (Å²) in [5.41, 5.74) is -0.678. The lowest BCUT2D eigenvalue weighted by atomic mass is 10.1. The van der Waals surface area contributed by atoms with Crippen molar-refractivity contribution < 1.29 is 24.2 Å². The Morgan fingerprint density at radius 3 is 2.38 bits per heavy atom. The molecule has 0 heterocycles. The Morgan fingerprint density at radius 2 is 1.90 bits per heavy atom. The van der Waals surface area contributed by atoms with Crippen LogP contribution in [0.3, 0.4) is 0 Å². The normalized spacial score (nSPS) is 12.1. The molecule has 0 aromatic heterocycles. The average Bonchev–Trinajstić information content (AvgIpc) is 2.34. The molecule has 3 N–H and O–H groups in total. The summed E-state index contributed by atoms with van der Waals surface area (Å²) in [6.45, 7) is 8.85. The quantitative estimate of drug-likeness (QED) is 0.464. The van der Waals surface area contributed by atoms with Gasteiger partial charge in [0, 0.05) is 6.54 Å². The summed E-state index contributed by atoms with van der Waals surface area (Å²) in [5.74, 6) is -1.38. The van der Waals surface area contributed by atoms with Crippen molar-refractivity contribution in [1.82, 2.24) is 10.6 Å². The summed E-state index contributed by atoms with van der Waals surface area (Å²) in [6.07, 6.45) is 1.83. The van der Waals surface area contributed by atoms with E-state index in [1.807, 2.05) is 0 Å². The number of unbranched alkanes of at least 4 members (excludes halogenated alkanes) is 1. The van der Waals surface area contributed by atoms with Crippen molar-refractivity contribution in [2.75, 3.05) is 6.54 Å². The zero-order valence-electron chi connectivity index (χ0n) is 12.8. The molecule has 0 aliphatic carbocycles. The number of carboxylic acids is 1.